The number of nitrogens with zero attached hydrogens (tertiary/aromatic N) is 1. The number of piperidine rings is 1. The third kappa shape index (κ3) is 1.40. The summed E-state index contributed by atoms with van der Waals surface area (Å²) in [5, 5.41) is 19.1. The molecule has 2 atom stereocenters. The molecule has 9 heavy (non-hydrogen) atoms. The fourth-order valence-electron chi connectivity index (χ4n) is 0.980. The van der Waals surface area contributed by atoms with Crippen molar-refractivity contribution in [3.63, 3.8) is 0 Å². The Morgan fingerprint density at radius 2 is 1.67 bits per heavy atom. The lowest BCUT2D eigenvalue weighted by atomic mass is 10.1. The molecule has 0 aromatic heterocycles. The number of nitrogens with two attached hydrogens (primary N) is 1. The van der Waals surface area contributed by atoms with Crippen molar-refractivity contribution in [2.45, 2.75) is 31.7 Å². The van der Waals surface area contributed by atoms with Crippen LogP contribution >= 0.6 is 0 Å². The first-order valence-electron chi connectivity index (χ1n) is 3.11. The number of aliphatic hydroxyl groups excluding tert-OH is 2. The molecule has 1 fully saturated rings. The van der Waals surface area contributed by atoms with Gasteiger partial charge in [-0.1, -0.05) is 0 Å². The molecule has 4 nitrogen and oxygen atoms in total. The lowest BCUT2D eigenvalue weighted by Crippen LogP contribution is -2.50. The quantitative estimate of drug-likeness (QED) is 0.369. The van der Waals surface area contributed by atoms with E-state index in [2.05, 4.69) is 0 Å². The second kappa shape index (κ2) is 2.62. The van der Waals surface area contributed by atoms with Crippen LogP contribution in [0.2, 0.25) is 0 Å². The minimum atomic E-state index is -0.659. The third-order valence-corrected chi connectivity index (χ3v) is 1.61. The molecule has 4 N–H and O–H groups in total. The van der Waals surface area contributed by atoms with Crippen LogP contribution in [0.15, 0.2) is 0 Å². The molecule has 0 aliphatic carbocycles. The summed E-state index contributed by atoms with van der Waals surface area (Å²) in [6, 6.07) is 0. The van der Waals surface area contributed by atoms with Crippen LogP contribution in [0, 0.1) is 0 Å². The van der Waals surface area contributed by atoms with Gasteiger partial charge in [-0.3, -0.25) is 5.84 Å². The molecule has 0 amide bonds. The Morgan fingerprint density at radius 1 is 1.22 bits per heavy atom. The molecule has 1 aliphatic rings. The van der Waals surface area contributed by atoms with Crippen molar-refractivity contribution in [3.8, 4) is 0 Å². The molecule has 4 heteroatoms. The molecule has 0 aromatic rings. The van der Waals surface area contributed by atoms with Crippen LogP contribution in [0.3, 0.4) is 0 Å². The summed E-state index contributed by atoms with van der Waals surface area (Å²) in [6.07, 6.45) is 0.847. The van der Waals surface area contributed by atoms with Gasteiger partial charge in [0.15, 0.2) is 0 Å². The van der Waals surface area contributed by atoms with Crippen LogP contribution in [-0.4, -0.2) is 27.7 Å². The topological polar surface area (TPSA) is 69.7 Å². The fourth-order valence-corrected chi connectivity index (χ4v) is 0.980. The molecule has 54 valence electrons. The smallest absolute Gasteiger partial charge is 0.122 e. The Hall–Kier alpha value is -0.160. The number of rotatable bonds is 0. The zero-order valence-corrected chi connectivity index (χ0v) is 5.20. The van der Waals surface area contributed by atoms with Crippen LogP contribution in [0.4, 0.5) is 0 Å². The van der Waals surface area contributed by atoms with Crippen molar-refractivity contribution < 1.29 is 10.2 Å². The van der Waals surface area contributed by atoms with E-state index < -0.39 is 12.5 Å². The maximum atomic E-state index is 8.99. The van der Waals surface area contributed by atoms with Gasteiger partial charge in [0, 0.05) is 0 Å². The van der Waals surface area contributed by atoms with E-state index in [9.17, 15) is 0 Å². The van der Waals surface area contributed by atoms with Crippen molar-refractivity contribution in [3.05, 3.63) is 0 Å². The Balaban J connectivity index is 2.41. The van der Waals surface area contributed by atoms with Crippen LogP contribution in [0.25, 0.3) is 0 Å². The number of hydrazine groups is 1. The summed E-state index contributed by atoms with van der Waals surface area (Å²) in [5.74, 6) is 5.26. The van der Waals surface area contributed by atoms with Gasteiger partial charge in [-0.2, -0.15) is 5.01 Å². The average molecular weight is 132 g/mol. The van der Waals surface area contributed by atoms with E-state index in [1.807, 2.05) is 0 Å². The molecule has 0 spiro atoms. The molecule has 1 saturated heterocycles. The van der Waals surface area contributed by atoms with Crippen molar-refractivity contribution in [2.24, 2.45) is 5.84 Å². The van der Waals surface area contributed by atoms with Gasteiger partial charge in [-0.25, -0.2) is 0 Å². The summed E-state index contributed by atoms with van der Waals surface area (Å²) >= 11 is 0. The predicted octanol–water partition coefficient (Wildman–Crippen LogP) is -1.02. The predicted molar refractivity (Wildman–Crippen MR) is 31.9 cm³/mol. The van der Waals surface area contributed by atoms with E-state index >= 15 is 0 Å². The highest BCUT2D eigenvalue weighted by molar-refractivity contribution is 4.65. The fraction of sp³-hybridized carbons (Fsp3) is 1.00. The van der Waals surface area contributed by atoms with Gasteiger partial charge in [-0.05, 0) is 19.3 Å². The first-order chi connectivity index (χ1) is 4.22. The minimum Gasteiger partial charge on any atom is -0.377 e. The minimum absolute atomic E-state index is 0.659. The van der Waals surface area contributed by atoms with Gasteiger partial charge in [0.2, 0.25) is 0 Å². The van der Waals surface area contributed by atoms with Crippen molar-refractivity contribution in [1.82, 2.24) is 5.01 Å². The van der Waals surface area contributed by atoms with Gasteiger partial charge in [0.25, 0.3) is 0 Å². The Bertz CT molecular complexity index is 89.0. The van der Waals surface area contributed by atoms with E-state index in [1.54, 1.807) is 0 Å². The van der Waals surface area contributed by atoms with Crippen molar-refractivity contribution in [2.75, 3.05) is 0 Å². The normalized spacial score (nSPS) is 39.0. The van der Waals surface area contributed by atoms with E-state index in [0.29, 0.717) is 12.8 Å². The first kappa shape index (κ1) is 6.95. The van der Waals surface area contributed by atoms with Crippen LogP contribution in [0.1, 0.15) is 19.3 Å². The van der Waals surface area contributed by atoms with Gasteiger partial charge in [0.05, 0.1) is 0 Å². The van der Waals surface area contributed by atoms with E-state index in [4.69, 9.17) is 16.1 Å². The monoisotopic (exact) mass is 132 g/mol. The van der Waals surface area contributed by atoms with Crippen molar-refractivity contribution >= 4 is 0 Å². The molecule has 0 radical (unpaired) electrons. The second-order valence-electron chi connectivity index (χ2n) is 2.34. The number of aliphatic hydroxyl groups is 2. The van der Waals surface area contributed by atoms with Gasteiger partial charge < -0.3 is 10.2 Å². The van der Waals surface area contributed by atoms with Gasteiger partial charge in [0.1, 0.15) is 12.5 Å². The molecule has 0 saturated carbocycles. The lowest BCUT2D eigenvalue weighted by molar-refractivity contribution is -0.132. The molecule has 2 unspecified atom stereocenters. The average Bonchev–Trinajstić information content (AvgIpc) is 1.83. The van der Waals surface area contributed by atoms with Crippen molar-refractivity contribution in [1.29, 1.82) is 0 Å². The maximum Gasteiger partial charge on any atom is 0.122 e. The highest BCUT2D eigenvalue weighted by atomic mass is 16.3. The van der Waals surface area contributed by atoms with Crippen LogP contribution in [-0.2, 0) is 0 Å². The van der Waals surface area contributed by atoms with Crippen LogP contribution in [0.5, 0.6) is 0 Å². The number of hydrogen-bond donors (Lipinski definition) is 3. The summed E-state index contributed by atoms with van der Waals surface area (Å²) in [7, 11) is 0. The Kier molecular flexibility index (Phi) is 2.02. The standard InChI is InChI=1S/C5H12N2O2/c6-7-4(8)2-1-3-5(7)9/h4-5,8-9H,1-3,6H2. The maximum absolute atomic E-state index is 8.99. The van der Waals surface area contributed by atoms with E-state index in [0.717, 1.165) is 11.4 Å². The highest BCUT2D eigenvalue weighted by Gasteiger charge is 2.23. The van der Waals surface area contributed by atoms with Gasteiger partial charge in [-0.15, -0.1) is 0 Å². The summed E-state index contributed by atoms with van der Waals surface area (Å²) < 4.78 is 0. The SMILES string of the molecule is NN1C(O)CCCC1O. The Morgan fingerprint density at radius 3 is 2.00 bits per heavy atom. The summed E-state index contributed by atoms with van der Waals surface area (Å²) in [4.78, 5) is 0. The molecule has 1 heterocycles. The molecular weight excluding hydrogens is 120 g/mol. The van der Waals surface area contributed by atoms with E-state index in [1.165, 1.54) is 0 Å². The highest BCUT2D eigenvalue weighted by Crippen LogP contribution is 2.15. The molecule has 1 aliphatic heterocycles. The largest absolute Gasteiger partial charge is 0.377 e. The number of hydrogen-bond acceptors (Lipinski definition) is 4. The summed E-state index contributed by atoms with van der Waals surface area (Å²) in [6.45, 7) is 0. The van der Waals surface area contributed by atoms with Crippen LogP contribution < -0.4 is 5.84 Å². The molecular formula is C5H12N2O2. The molecule has 0 aromatic carbocycles. The second-order valence-corrected chi connectivity index (χ2v) is 2.34. The van der Waals surface area contributed by atoms with Gasteiger partial charge >= 0.3 is 0 Å². The zero-order chi connectivity index (χ0) is 6.85. The molecule has 1 rings (SSSR count). The molecule has 0 bridgehead atoms. The third-order valence-electron chi connectivity index (χ3n) is 1.61. The van der Waals surface area contributed by atoms with E-state index in [-0.39, 0.29) is 0 Å². The first-order valence-corrected chi connectivity index (χ1v) is 3.11. The Labute approximate surface area is 53.9 Å². The summed E-state index contributed by atoms with van der Waals surface area (Å²) in [5.41, 5.74) is 0. The lowest BCUT2D eigenvalue weighted by Gasteiger charge is -2.32. The zero-order valence-electron chi connectivity index (χ0n) is 5.20.